The molecule has 0 radical (unpaired) electrons. The Labute approximate surface area is 179 Å². The second-order valence-corrected chi connectivity index (χ2v) is 9.61. The summed E-state index contributed by atoms with van der Waals surface area (Å²) in [6, 6.07) is 5.17. The Kier molecular flexibility index (Phi) is 5.40. The largest absolute Gasteiger partial charge is 0.479 e. The van der Waals surface area contributed by atoms with E-state index in [9.17, 15) is 4.79 Å². The van der Waals surface area contributed by atoms with Crippen LogP contribution in [0.1, 0.15) is 27.7 Å². The predicted molar refractivity (Wildman–Crippen MR) is 106 cm³/mol. The molecular weight excluding hydrogens is 500 g/mol. The van der Waals surface area contributed by atoms with Crippen LogP contribution in [0.15, 0.2) is 31.9 Å². The zero-order valence-corrected chi connectivity index (χ0v) is 19.1. The molecule has 3 aliphatic heterocycles. The number of fused-ring (bicyclic) bond motifs is 1. The molecule has 0 amide bonds. The van der Waals surface area contributed by atoms with Gasteiger partial charge in [-0.3, -0.25) is 4.79 Å². The van der Waals surface area contributed by atoms with Crippen molar-refractivity contribution in [2.24, 2.45) is 0 Å². The second-order valence-electron chi connectivity index (χ2n) is 7.90. The van der Waals surface area contributed by atoms with Gasteiger partial charge in [-0.25, -0.2) is 0 Å². The molecule has 0 spiro atoms. The van der Waals surface area contributed by atoms with E-state index in [1.165, 1.54) is 0 Å². The second kappa shape index (κ2) is 7.30. The first-order valence-electron chi connectivity index (χ1n) is 9.04. The van der Waals surface area contributed by atoms with Crippen LogP contribution in [-0.2, 0) is 23.7 Å². The van der Waals surface area contributed by atoms with Crippen LogP contribution in [-0.4, -0.2) is 48.9 Å². The Morgan fingerprint density at radius 3 is 2.39 bits per heavy atom. The summed E-state index contributed by atoms with van der Waals surface area (Å²) in [6.07, 6.45) is -2.65. The van der Waals surface area contributed by atoms with Gasteiger partial charge in [-0.2, -0.15) is 0 Å². The Morgan fingerprint density at radius 2 is 1.71 bits per heavy atom. The molecule has 3 saturated heterocycles. The lowest BCUT2D eigenvalue weighted by Gasteiger charge is -2.29. The van der Waals surface area contributed by atoms with Gasteiger partial charge in [0.15, 0.2) is 35.8 Å². The van der Waals surface area contributed by atoms with Crippen LogP contribution < -0.4 is 10.2 Å². The molecule has 0 aliphatic carbocycles. The molecule has 0 aromatic heterocycles. The first-order chi connectivity index (χ1) is 13.1. The minimum Gasteiger partial charge on any atom is -0.479 e. The van der Waals surface area contributed by atoms with Crippen molar-refractivity contribution < 1.29 is 28.4 Å². The van der Waals surface area contributed by atoms with E-state index in [0.717, 1.165) is 0 Å². The lowest BCUT2D eigenvalue weighted by Crippen LogP contribution is -2.46. The molecule has 0 saturated carbocycles. The molecule has 7 nitrogen and oxygen atoms in total. The van der Waals surface area contributed by atoms with Crippen LogP contribution in [0.5, 0.6) is 5.75 Å². The van der Waals surface area contributed by atoms with E-state index in [2.05, 4.69) is 31.9 Å². The predicted octanol–water partition coefficient (Wildman–Crippen LogP) is 3.35. The fourth-order valence-corrected chi connectivity index (χ4v) is 4.40. The summed E-state index contributed by atoms with van der Waals surface area (Å²) in [5, 5.41) is 0. The molecule has 0 unspecified atom stereocenters. The Hall–Kier alpha value is -0.550. The number of hydrogen-bond donors (Lipinski definition) is 0. The number of hydrogen-bond acceptors (Lipinski definition) is 7. The zero-order chi connectivity index (χ0) is 20.3. The molecule has 4 rings (SSSR count). The molecule has 1 aromatic carbocycles. The molecule has 0 N–H and O–H groups in total. The highest BCUT2D eigenvalue weighted by Crippen LogP contribution is 2.42. The average Bonchev–Trinajstić information content (AvgIpc) is 3.18. The van der Waals surface area contributed by atoms with Crippen molar-refractivity contribution in [3.8, 4) is 5.75 Å². The molecule has 0 bridgehead atoms. The van der Waals surface area contributed by atoms with Gasteiger partial charge < -0.3 is 28.4 Å². The standard InChI is InChI=1S/C19H22Br2O7/c1-18(2)23-8-11(26-18)14-15(16-17(25-14)28-19(3,4)27-16)24-13-10(21)7-5-6-9(20)12(13)22/h5-7,11,14-17H,8H2,1-4H3/t11-,14-,15+,16-,17-/m1/s1. The van der Waals surface area contributed by atoms with E-state index in [-0.39, 0.29) is 17.3 Å². The Bertz CT molecular complexity index is 828. The highest BCUT2D eigenvalue weighted by molar-refractivity contribution is 9.11. The maximum atomic E-state index is 12.8. The number of rotatable bonds is 3. The van der Waals surface area contributed by atoms with E-state index in [0.29, 0.717) is 15.6 Å². The van der Waals surface area contributed by atoms with Crippen molar-refractivity contribution >= 4 is 31.9 Å². The molecule has 3 fully saturated rings. The van der Waals surface area contributed by atoms with Gasteiger partial charge in [-0.05, 0) is 71.7 Å². The topological polar surface area (TPSA) is 72.5 Å². The van der Waals surface area contributed by atoms with Gasteiger partial charge in [0, 0.05) is 0 Å². The quantitative estimate of drug-likeness (QED) is 0.604. The van der Waals surface area contributed by atoms with E-state index < -0.39 is 36.2 Å². The van der Waals surface area contributed by atoms with Crippen molar-refractivity contribution in [2.75, 3.05) is 6.61 Å². The van der Waals surface area contributed by atoms with Crippen molar-refractivity contribution in [3.63, 3.8) is 0 Å². The average molecular weight is 522 g/mol. The van der Waals surface area contributed by atoms with Crippen LogP contribution >= 0.6 is 31.9 Å². The Balaban J connectivity index is 1.68. The summed E-state index contributed by atoms with van der Waals surface area (Å²) in [5.74, 6) is -1.36. The van der Waals surface area contributed by atoms with Crippen molar-refractivity contribution in [3.05, 3.63) is 37.4 Å². The van der Waals surface area contributed by atoms with E-state index in [1.807, 2.05) is 27.7 Å². The van der Waals surface area contributed by atoms with Crippen LogP contribution in [0.4, 0.5) is 0 Å². The molecule has 28 heavy (non-hydrogen) atoms. The molecule has 3 aliphatic rings. The lowest BCUT2D eigenvalue weighted by molar-refractivity contribution is -0.230. The van der Waals surface area contributed by atoms with E-state index in [4.69, 9.17) is 28.4 Å². The SMILES string of the molecule is CC1(C)O[C@H]2O[C@H]([C@H]3COC(C)(C)O3)[C@H](Oc3c(Br)cccc(Br)c3=O)[C@H]2O1. The summed E-state index contributed by atoms with van der Waals surface area (Å²) in [5.41, 5.74) is -0.277. The summed E-state index contributed by atoms with van der Waals surface area (Å²) in [4.78, 5) is 12.8. The minimum atomic E-state index is -0.812. The zero-order valence-electron chi connectivity index (χ0n) is 15.9. The lowest BCUT2D eigenvalue weighted by atomic mass is 10.1. The summed E-state index contributed by atoms with van der Waals surface area (Å²) in [6.45, 7) is 7.66. The van der Waals surface area contributed by atoms with Gasteiger partial charge in [-0.1, -0.05) is 6.07 Å². The first kappa shape index (κ1) is 20.7. The monoisotopic (exact) mass is 520 g/mol. The van der Waals surface area contributed by atoms with Crippen molar-refractivity contribution in [2.45, 2.75) is 70.0 Å². The van der Waals surface area contributed by atoms with Crippen molar-refractivity contribution in [1.29, 1.82) is 0 Å². The molecule has 1 aromatic rings. The highest BCUT2D eigenvalue weighted by Gasteiger charge is 2.59. The summed E-state index contributed by atoms with van der Waals surface area (Å²) in [7, 11) is 0. The van der Waals surface area contributed by atoms with E-state index in [1.54, 1.807) is 18.2 Å². The first-order valence-corrected chi connectivity index (χ1v) is 10.6. The van der Waals surface area contributed by atoms with E-state index >= 15 is 0 Å². The minimum absolute atomic E-state index is 0.169. The molecule has 5 atom stereocenters. The van der Waals surface area contributed by atoms with Crippen LogP contribution in [0.3, 0.4) is 0 Å². The third-order valence-electron chi connectivity index (χ3n) is 4.80. The van der Waals surface area contributed by atoms with Gasteiger partial charge in [0.2, 0.25) is 5.43 Å². The number of ether oxygens (including phenoxy) is 6. The third kappa shape index (κ3) is 3.90. The number of halogens is 2. The molecular formula is C19H22Br2O7. The van der Waals surface area contributed by atoms with Crippen LogP contribution in [0.25, 0.3) is 0 Å². The highest BCUT2D eigenvalue weighted by atomic mass is 79.9. The molecule has 9 heteroatoms. The maximum Gasteiger partial charge on any atom is 0.235 e. The van der Waals surface area contributed by atoms with Gasteiger partial charge in [0.05, 0.1) is 15.6 Å². The summed E-state index contributed by atoms with van der Waals surface area (Å²) >= 11 is 6.71. The van der Waals surface area contributed by atoms with Crippen LogP contribution in [0, 0.1) is 0 Å². The van der Waals surface area contributed by atoms with Gasteiger partial charge in [0.25, 0.3) is 0 Å². The van der Waals surface area contributed by atoms with Gasteiger partial charge in [0.1, 0.15) is 12.2 Å². The Morgan fingerprint density at radius 1 is 1.00 bits per heavy atom. The fourth-order valence-electron chi connectivity index (χ4n) is 3.65. The van der Waals surface area contributed by atoms with Crippen molar-refractivity contribution in [1.82, 2.24) is 0 Å². The third-order valence-corrected chi connectivity index (χ3v) is 6.05. The van der Waals surface area contributed by atoms with Gasteiger partial charge >= 0.3 is 0 Å². The van der Waals surface area contributed by atoms with Crippen LogP contribution in [0.2, 0.25) is 0 Å². The normalized spacial score (nSPS) is 35.7. The summed E-state index contributed by atoms with van der Waals surface area (Å²) < 4.78 is 36.8. The molecule has 3 heterocycles. The smallest absolute Gasteiger partial charge is 0.235 e. The molecule has 154 valence electrons. The maximum absolute atomic E-state index is 12.8. The fraction of sp³-hybridized carbons (Fsp3) is 0.632. The van der Waals surface area contributed by atoms with Gasteiger partial charge in [-0.15, -0.1) is 0 Å².